The number of anilines is 2. The topological polar surface area (TPSA) is 110 Å². The summed E-state index contributed by atoms with van der Waals surface area (Å²) in [5.74, 6) is -0.206. The molecule has 2 aromatic heterocycles. The highest BCUT2D eigenvalue weighted by Gasteiger charge is 2.15. The van der Waals surface area contributed by atoms with Gasteiger partial charge in [0.25, 0.3) is 11.1 Å². The molecule has 8 nitrogen and oxygen atoms in total. The molecular formula is C22H17N5O3S. The minimum atomic E-state index is -0.311. The number of amides is 2. The van der Waals surface area contributed by atoms with Crippen molar-refractivity contribution >= 4 is 35.0 Å². The Morgan fingerprint density at radius 3 is 2.42 bits per heavy atom. The van der Waals surface area contributed by atoms with Crippen LogP contribution in [0.4, 0.5) is 11.4 Å². The molecule has 0 bridgehead atoms. The number of hydrogen-bond donors (Lipinski definition) is 2. The van der Waals surface area contributed by atoms with E-state index in [1.54, 1.807) is 60.9 Å². The van der Waals surface area contributed by atoms with Crippen LogP contribution in [-0.2, 0) is 4.79 Å². The van der Waals surface area contributed by atoms with E-state index in [-0.39, 0.29) is 22.8 Å². The highest BCUT2D eigenvalue weighted by molar-refractivity contribution is 7.99. The summed E-state index contributed by atoms with van der Waals surface area (Å²) in [5, 5.41) is 13.8. The molecule has 0 saturated heterocycles. The van der Waals surface area contributed by atoms with Crippen molar-refractivity contribution in [2.24, 2.45) is 0 Å². The summed E-state index contributed by atoms with van der Waals surface area (Å²) in [6.07, 6.45) is 3.26. The number of nitrogens with one attached hydrogen (secondary N) is 2. The average molecular weight is 431 g/mol. The van der Waals surface area contributed by atoms with Crippen molar-refractivity contribution in [2.45, 2.75) is 5.22 Å². The number of para-hydroxylation sites is 2. The second-order valence-electron chi connectivity index (χ2n) is 6.31. The van der Waals surface area contributed by atoms with Gasteiger partial charge in [0.2, 0.25) is 11.8 Å². The molecule has 0 spiro atoms. The molecule has 4 aromatic rings. The fraction of sp³-hybridized carbons (Fsp3) is 0.0455. The second-order valence-corrected chi connectivity index (χ2v) is 7.24. The molecule has 2 amide bonds. The Kier molecular flexibility index (Phi) is 6.34. The van der Waals surface area contributed by atoms with Crippen LogP contribution in [0, 0.1) is 0 Å². The zero-order chi connectivity index (χ0) is 21.5. The Labute approximate surface area is 182 Å². The maximum absolute atomic E-state index is 12.6. The van der Waals surface area contributed by atoms with E-state index in [0.29, 0.717) is 22.8 Å². The van der Waals surface area contributed by atoms with Crippen molar-refractivity contribution in [1.29, 1.82) is 0 Å². The number of pyridine rings is 1. The van der Waals surface area contributed by atoms with Crippen LogP contribution in [0.2, 0.25) is 0 Å². The maximum atomic E-state index is 12.6. The van der Waals surface area contributed by atoms with Gasteiger partial charge >= 0.3 is 0 Å². The van der Waals surface area contributed by atoms with Gasteiger partial charge in [0, 0.05) is 23.6 Å². The van der Waals surface area contributed by atoms with Crippen molar-refractivity contribution in [3.63, 3.8) is 0 Å². The van der Waals surface area contributed by atoms with Crippen molar-refractivity contribution in [2.75, 3.05) is 16.4 Å². The molecule has 0 radical (unpaired) electrons. The van der Waals surface area contributed by atoms with Crippen LogP contribution in [0.25, 0.3) is 11.5 Å². The van der Waals surface area contributed by atoms with E-state index in [1.807, 2.05) is 18.2 Å². The van der Waals surface area contributed by atoms with Crippen molar-refractivity contribution in [3.8, 4) is 11.5 Å². The van der Waals surface area contributed by atoms with Gasteiger partial charge in [0.15, 0.2) is 0 Å². The fourth-order valence-corrected chi connectivity index (χ4v) is 3.27. The molecule has 2 heterocycles. The van der Waals surface area contributed by atoms with Gasteiger partial charge in [-0.15, -0.1) is 10.2 Å². The van der Waals surface area contributed by atoms with E-state index in [9.17, 15) is 9.59 Å². The summed E-state index contributed by atoms with van der Waals surface area (Å²) in [6, 6.07) is 19.4. The Balaban J connectivity index is 1.37. The zero-order valence-corrected chi connectivity index (χ0v) is 17.0. The molecule has 0 unspecified atom stereocenters. The number of carbonyl (C=O) groups excluding carboxylic acids is 2. The maximum Gasteiger partial charge on any atom is 0.277 e. The predicted octanol–water partition coefficient (Wildman–Crippen LogP) is 4.11. The molecule has 4 rings (SSSR count). The molecule has 0 aliphatic heterocycles. The number of benzene rings is 2. The highest BCUT2D eigenvalue weighted by Crippen LogP contribution is 2.23. The average Bonchev–Trinajstić information content (AvgIpc) is 3.28. The largest absolute Gasteiger partial charge is 0.411 e. The Morgan fingerprint density at radius 2 is 1.61 bits per heavy atom. The first-order valence-electron chi connectivity index (χ1n) is 9.31. The predicted molar refractivity (Wildman–Crippen MR) is 118 cm³/mol. The second kappa shape index (κ2) is 9.68. The van der Waals surface area contributed by atoms with Crippen LogP contribution in [0.15, 0.2) is 88.8 Å². The number of thioether (sulfide) groups is 1. The summed E-state index contributed by atoms with van der Waals surface area (Å²) in [6.45, 7) is 0. The molecule has 0 aliphatic carbocycles. The van der Waals surface area contributed by atoms with Crippen molar-refractivity contribution < 1.29 is 14.0 Å². The van der Waals surface area contributed by atoms with Crippen LogP contribution in [0.3, 0.4) is 0 Å². The van der Waals surface area contributed by atoms with Gasteiger partial charge in [-0.2, -0.15) is 0 Å². The molecule has 154 valence electrons. The third-order valence-corrected chi connectivity index (χ3v) is 4.96. The van der Waals surface area contributed by atoms with E-state index in [0.717, 1.165) is 17.3 Å². The summed E-state index contributed by atoms with van der Waals surface area (Å²) in [4.78, 5) is 29.0. The Morgan fingerprint density at radius 1 is 0.871 bits per heavy atom. The van der Waals surface area contributed by atoms with E-state index >= 15 is 0 Å². The SMILES string of the molecule is O=C(CSc1nnc(-c2ccncc2)o1)Nc1ccccc1C(=O)Nc1ccccc1. The molecular weight excluding hydrogens is 414 g/mol. The lowest BCUT2D eigenvalue weighted by molar-refractivity contribution is -0.113. The lowest BCUT2D eigenvalue weighted by atomic mass is 10.1. The van der Waals surface area contributed by atoms with E-state index in [1.165, 1.54) is 0 Å². The van der Waals surface area contributed by atoms with Crippen LogP contribution in [-0.4, -0.2) is 32.7 Å². The van der Waals surface area contributed by atoms with Gasteiger partial charge in [0.1, 0.15) is 0 Å². The molecule has 31 heavy (non-hydrogen) atoms. The van der Waals surface area contributed by atoms with E-state index < -0.39 is 0 Å². The fourth-order valence-electron chi connectivity index (χ4n) is 2.70. The Hall–Kier alpha value is -3.98. The summed E-state index contributed by atoms with van der Waals surface area (Å²) in [5.41, 5.74) is 2.20. The van der Waals surface area contributed by atoms with Crippen LogP contribution < -0.4 is 10.6 Å². The lowest BCUT2D eigenvalue weighted by Crippen LogP contribution is -2.19. The quantitative estimate of drug-likeness (QED) is 0.424. The third-order valence-electron chi connectivity index (χ3n) is 4.14. The van der Waals surface area contributed by atoms with Gasteiger partial charge in [-0.25, -0.2) is 0 Å². The van der Waals surface area contributed by atoms with Crippen molar-refractivity contribution in [3.05, 3.63) is 84.7 Å². The van der Waals surface area contributed by atoms with Gasteiger partial charge in [-0.3, -0.25) is 14.6 Å². The van der Waals surface area contributed by atoms with Gasteiger partial charge in [-0.1, -0.05) is 42.1 Å². The zero-order valence-electron chi connectivity index (χ0n) is 16.2. The number of aromatic nitrogens is 3. The first-order valence-corrected chi connectivity index (χ1v) is 10.3. The first-order chi connectivity index (χ1) is 15.2. The number of carbonyl (C=O) groups is 2. The minimum absolute atomic E-state index is 0.0482. The summed E-state index contributed by atoms with van der Waals surface area (Å²) < 4.78 is 5.57. The van der Waals surface area contributed by atoms with Gasteiger partial charge in [0.05, 0.1) is 17.0 Å². The van der Waals surface area contributed by atoms with Crippen LogP contribution in [0.1, 0.15) is 10.4 Å². The number of hydrogen-bond acceptors (Lipinski definition) is 7. The molecule has 9 heteroatoms. The molecule has 0 fully saturated rings. The third kappa shape index (κ3) is 5.34. The van der Waals surface area contributed by atoms with Crippen LogP contribution in [0.5, 0.6) is 0 Å². The highest BCUT2D eigenvalue weighted by atomic mass is 32.2. The molecule has 0 saturated carbocycles. The lowest BCUT2D eigenvalue weighted by Gasteiger charge is -2.11. The standard InChI is InChI=1S/C22H17N5O3S/c28-19(14-31-22-27-26-21(30-22)15-10-12-23-13-11-15)25-18-9-5-4-8-17(18)20(29)24-16-6-2-1-3-7-16/h1-13H,14H2,(H,24,29)(H,25,28). The molecule has 2 N–H and O–H groups in total. The van der Waals surface area contributed by atoms with E-state index in [4.69, 9.17) is 4.42 Å². The normalized spacial score (nSPS) is 10.5. The first kappa shape index (κ1) is 20.3. The number of nitrogens with zero attached hydrogens (tertiary/aromatic N) is 3. The molecule has 0 atom stereocenters. The van der Waals surface area contributed by atoms with E-state index in [2.05, 4.69) is 25.8 Å². The summed E-state index contributed by atoms with van der Waals surface area (Å²) >= 11 is 1.11. The molecule has 2 aromatic carbocycles. The Bertz CT molecular complexity index is 1180. The molecule has 0 aliphatic rings. The monoisotopic (exact) mass is 431 g/mol. The number of rotatable bonds is 7. The smallest absolute Gasteiger partial charge is 0.277 e. The van der Waals surface area contributed by atoms with Crippen LogP contribution >= 0.6 is 11.8 Å². The summed E-state index contributed by atoms with van der Waals surface area (Å²) in [7, 11) is 0. The van der Waals surface area contributed by atoms with Gasteiger partial charge < -0.3 is 15.1 Å². The minimum Gasteiger partial charge on any atom is -0.411 e. The van der Waals surface area contributed by atoms with Gasteiger partial charge in [-0.05, 0) is 36.4 Å². The van der Waals surface area contributed by atoms with Crippen molar-refractivity contribution in [1.82, 2.24) is 15.2 Å².